The molecule has 6 nitrogen and oxygen atoms in total. The van der Waals surface area contributed by atoms with Crippen LogP contribution in [0.25, 0.3) is 0 Å². The zero-order chi connectivity index (χ0) is 22.2. The molecule has 0 saturated heterocycles. The summed E-state index contributed by atoms with van der Waals surface area (Å²) in [7, 11) is 0. The molecular formula is C24H24N2O4S. The number of anilines is 1. The fourth-order valence-electron chi connectivity index (χ4n) is 3.06. The first-order valence-electron chi connectivity index (χ1n) is 10.1. The third-order valence-corrected chi connectivity index (χ3v) is 5.71. The van der Waals surface area contributed by atoms with Gasteiger partial charge in [0.25, 0.3) is 0 Å². The first-order chi connectivity index (χ1) is 15.0. The van der Waals surface area contributed by atoms with E-state index in [2.05, 4.69) is 4.98 Å². The summed E-state index contributed by atoms with van der Waals surface area (Å²) in [6.45, 7) is 3.77. The van der Waals surface area contributed by atoms with Crippen LogP contribution in [-0.2, 0) is 33.6 Å². The molecule has 1 heterocycles. The Morgan fingerprint density at radius 2 is 1.39 bits per heavy atom. The monoisotopic (exact) mass is 436 g/mol. The maximum atomic E-state index is 13.3. The molecule has 0 spiro atoms. The second-order valence-electron chi connectivity index (χ2n) is 6.78. The molecule has 0 N–H and O–H groups in total. The fourth-order valence-corrected chi connectivity index (χ4v) is 4.08. The molecule has 0 unspecified atom stereocenters. The minimum atomic E-state index is -0.640. The molecule has 0 atom stereocenters. The van der Waals surface area contributed by atoms with Gasteiger partial charge >= 0.3 is 5.97 Å². The minimum absolute atomic E-state index is 0.00604. The summed E-state index contributed by atoms with van der Waals surface area (Å²) in [6, 6.07) is 18.4. The normalized spacial score (nSPS) is 10.5. The molecule has 31 heavy (non-hydrogen) atoms. The average Bonchev–Trinajstić information content (AvgIpc) is 3.19. The maximum absolute atomic E-state index is 13.3. The van der Waals surface area contributed by atoms with Crippen molar-refractivity contribution >= 4 is 34.1 Å². The van der Waals surface area contributed by atoms with Gasteiger partial charge in [-0.1, -0.05) is 78.9 Å². The molecule has 2 aromatic carbocycles. The Morgan fingerprint density at radius 1 is 0.871 bits per heavy atom. The number of hydrogen-bond donors (Lipinski definition) is 0. The van der Waals surface area contributed by atoms with Crippen molar-refractivity contribution in [3.63, 3.8) is 0 Å². The lowest BCUT2D eigenvalue weighted by Gasteiger charge is -2.20. The summed E-state index contributed by atoms with van der Waals surface area (Å²) in [4.78, 5) is 44.6. The number of carbonyl (C=O) groups is 3. The summed E-state index contributed by atoms with van der Waals surface area (Å²) < 4.78 is 5.13. The van der Waals surface area contributed by atoms with E-state index in [9.17, 15) is 14.4 Å². The molecule has 2 amide bonds. The molecular weight excluding hydrogens is 412 g/mol. The van der Waals surface area contributed by atoms with Gasteiger partial charge < -0.3 is 4.74 Å². The van der Waals surface area contributed by atoms with Gasteiger partial charge in [0.05, 0.1) is 24.5 Å². The number of ether oxygens (including phenoxy) is 1. The Morgan fingerprint density at radius 3 is 1.84 bits per heavy atom. The number of benzene rings is 2. The number of aromatic nitrogens is 1. The molecule has 3 rings (SSSR count). The van der Waals surface area contributed by atoms with Crippen molar-refractivity contribution in [3.8, 4) is 0 Å². The van der Waals surface area contributed by atoms with Crippen molar-refractivity contribution in [1.82, 2.24) is 4.98 Å². The molecule has 7 heteroatoms. The van der Waals surface area contributed by atoms with Crippen molar-refractivity contribution in [2.24, 2.45) is 0 Å². The van der Waals surface area contributed by atoms with Crippen molar-refractivity contribution in [3.05, 3.63) is 82.5 Å². The number of amides is 2. The van der Waals surface area contributed by atoms with Crippen molar-refractivity contribution < 1.29 is 19.1 Å². The lowest BCUT2D eigenvalue weighted by molar-refractivity contribution is -0.125. The van der Waals surface area contributed by atoms with Gasteiger partial charge in [-0.2, -0.15) is 0 Å². The first-order valence-corrected chi connectivity index (χ1v) is 11.0. The number of imide groups is 1. The van der Waals surface area contributed by atoms with Gasteiger partial charge in [-0.25, -0.2) is 14.7 Å². The quantitative estimate of drug-likeness (QED) is 0.494. The Kier molecular flexibility index (Phi) is 7.67. The molecule has 0 saturated carbocycles. The Bertz CT molecular complexity index is 994. The lowest BCUT2D eigenvalue weighted by Crippen LogP contribution is -2.39. The van der Waals surface area contributed by atoms with E-state index < -0.39 is 17.8 Å². The Labute approximate surface area is 185 Å². The predicted molar refractivity (Wildman–Crippen MR) is 120 cm³/mol. The predicted octanol–water partition coefficient (Wildman–Crippen LogP) is 4.23. The summed E-state index contributed by atoms with van der Waals surface area (Å²) in [6.07, 6.45) is 0.636. The highest BCUT2D eigenvalue weighted by Crippen LogP contribution is 2.31. The minimum Gasteiger partial charge on any atom is -0.461 e. The molecule has 0 aliphatic carbocycles. The summed E-state index contributed by atoms with van der Waals surface area (Å²) in [5.74, 6) is -1.47. The second-order valence-corrected chi connectivity index (χ2v) is 7.85. The Hall–Kier alpha value is -3.32. The molecule has 3 aromatic rings. The van der Waals surface area contributed by atoms with Gasteiger partial charge in [0, 0.05) is 0 Å². The number of hydrogen-bond acceptors (Lipinski definition) is 6. The van der Waals surface area contributed by atoms with E-state index in [4.69, 9.17) is 4.74 Å². The lowest BCUT2D eigenvalue weighted by atomic mass is 10.1. The van der Waals surface area contributed by atoms with Crippen molar-refractivity contribution in [2.45, 2.75) is 33.1 Å². The van der Waals surface area contributed by atoms with Gasteiger partial charge in [-0.3, -0.25) is 9.59 Å². The van der Waals surface area contributed by atoms with Crippen LogP contribution in [-0.4, -0.2) is 29.4 Å². The number of carbonyl (C=O) groups excluding carboxylic acids is 3. The smallest absolute Gasteiger partial charge is 0.360 e. The van der Waals surface area contributed by atoms with E-state index in [1.54, 1.807) is 6.92 Å². The largest absolute Gasteiger partial charge is 0.461 e. The van der Waals surface area contributed by atoms with Crippen LogP contribution in [0.5, 0.6) is 0 Å². The molecule has 0 aliphatic rings. The van der Waals surface area contributed by atoms with Gasteiger partial charge in [-0.05, 0) is 24.5 Å². The third kappa shape index (κ3) is 5.64. The fraction of sp³-hybridized carbons (Fsp3) is 0.250. The maximum Gasteiger partial charge on any atom is 0.360 e. The molecule has 0 aliphatic heterocycles. The number of thiazole rings is 1. The molecule has 1 aromatic heterocycles. The average molecular weight is 437 g/mol. The van der Waals surface area contributed by atoms with Crippen LogP contribution in [0, 0.1) is 0 Å². The van der Waals surface area contributed by atoms with Crippen molar-refractivity contribution in [1.29, 1.82) is 0 Å². The van der Waals surface area contributed by atoms with E-state index in [1.807, 2.05) is 67.6 Å². The zero-order valence-electron chi connectivity index (χ0n) is 17.5. The first kappa shape index (κ1) is 22.4. The SMILES string of the molecule is CCOC(=O)c1nc(CC)sc1N(C(=O)Cc1ccccc1)C(=O)Cc1ccccc1. The number of nitrogens with zero attached hydrogens (tertiary/aromatic N) is 2. The summed E-state index contributed by atoms with van der Waals surface area (Å²) >= 11 is 1.17. The van der Waals surface area contributed by atoms with E-state index in [0.717, 1.165) is 16.0 Å². The standard InChI is InChI=1S/C24H24N2O4S/c1-3-19-25-22(24(29)30-4-2)23(31-19)26(20(27)15-17-11-7-5-8-12-17)21(28)16-18-13-9-6-10-14-18/h5-14H,3-4,15-16H2,1-2H3. The van der Waals surface area contributed by atoms with Crippen LogP contribution in [0.4, 0.5) is 5.00 Å². The summed E-state index contributed by atoms with van der Waals surface area (Å²) in [5, 5.41) is 0.875. The highest BCUT2D eigenvalue weighted by atomic mass is 32.1. The van der Waals surface area contributed by atoms with Gasteiger partial charge in [0.1, 0.15) is 5.00 Å². The van der Waals surface area contributed by atoms with Crippen LogP contribution in [0.15, 0.2) is 60.7 Å². The topological polar surface area (TPSA) is 76.6 Å². The van der Waals surface area contributed by atoms with E-state index >= 15 is 0 Å². The van der Waals surface area contributed by atoms with Crippen LogP contribution >= 0.6 is 11.3 Å². The Balaban J connectivity index is 2.01. The van der Waals surface area contributed by atoms with Crippen LogP contribution in [0.1, 0.15) is 40.5 Å². The molecule has 160 valence electrons. The van der Waals surface area contributed by atoms with Crippen molar-refractivity contribution in [2.75, 3.05) is 11.5 Å². The van der Waals surface area contributed by atoms with Gasteiger partial charge in [0.15, 0.2) is 5.69 Å². The molecule has 0 radical (unpaired) electrons. The molecule has 0 fully saturated rings. The number of rotatable bonds is 8. The van der Waals surface area contributed by atoms with Crippen LogP contribution in [0.3, 0.4) is 0 Å². The highest BCUT2D eigenvalue weighted by molar-refractivity contribution is 7.16. The van der Waals surface area contributed by atoms with Crippen LogP contribution < -0.4 is 4.90 Å². The van der Waals surface area contributed by atoms with E-state index in [0.29, 0.717) is 11.4 Å². The van der Waals surface area contributed by atoms with E-state index in [-0.39, 0.29) is 30.1 Å². The number of aryl methyl sites for hydroxylation is 1. The number of esters is 1. The molecule has 0 bridgehead atoms. The highest BCUT2D eigenvalue weighted by Gasteiger charge is 2.31. The zero-order valence-corrected chi connectivity index (χ0v) is 18.4. The van der Waals surface area contributed by atoms with Gasteiger partial charge in [-0.15, -0.1) is 0 Å². The summed E-state index contributed by atoms with van der Waals surface area (Å²) in [5.41, 5.74) is 1.57. The van der Waals surface area contributed by atoms with Gasteiger partial charge in [0.2, 0.25) is 11.8 Å². The van der Waals surface area contributed by atoms with E-state index in [1.165, 1.54) is 11.3 Å². The van der Waals surface area contributed by atoms with Crippen LogP contribution in [0.2, 0.25) is 0 Å². The second kappa shape index (κ2) is 10.6. The third-order valence-electron chi connectivity index (χ3n) is 4.52.